The van der Waals surface area contributed by atoms with Crippen molar-refractivity contribution in [1.29, 1.82) is 0 Å². The first kappa shape index (κ1) is 14.2. The summed E-state index contributed by atoms with van der Waals surface area (Å²) in [5.41, 5.74) is 12.1. The lowest BCUT2D eigenvalue weighted by atomic mass is 9.94. The third kappa shape index (κ3) is 2.87. The molecule has 1 aliphatic heterocycles. The zero-order valence-corrected chi connectivity index (χ0v) is 12.0. The van der Waals surface area contributed by atoms with Crippen molar-refractivity contribution in [1.82, 2.24) is 4.90 Å². The summed E-state index contributed by atoms with van der Waals surface area (Å²) in [5, 5.41) is 3.12. The van der Waals surface area contributed by atoms with Crippen LogP contribution >= 0.6 is 11.6 Å². The van der Waals surface area contributed by atoms with E-state index in [-0.39, 0.29) is 22.4 Å². The molecule has 6 heteroatoms. The summed E-state index contributed by atoms with van der Waals surface area (Å²) in [6.07, 6.45) is 0.943. The van der Waals surface area contributed by atoms with Gasteiger partial charge in [-0.05, 0) is 32.0 Å². The van der Waals surface area contributed by atoms with Crippen LogP contribution < -0.4 is 16.8 Å². The highest BCUT2D eigenvalue weighted by Gasteiger charge is 2.26. The molecule has 0 radical (unpaired) electrons. The average molecular weight is 287 g/mol. The van der Waals surface area contributed by atoms with Gasteiger partial charge in [0.05, 0.1) is 17.1 Å². The van der Waals surface area contributed by atoms with Crippen molar-refractivity contribution in [3.8, 4) is 0 Å². The number of anilines is 3. The SMILES string of the molecule is CC1CN(C)CCC1Nc1c(N)cc(N)c(Cl)c1F. The summed E-state index contributed by atoms with van der Waals surface area (Å²) in [6.45, 7) is 4.09. The zero-order valence-electron chi connectivity index (χ0n) is 11.2. The van der Waals surface area contributed by atoms with Crippen LogP contribution in [-0.4, -0.2) is 31.1 Å². The van der Waals surface area contributed by atoms with Crippen LogP contribution in [0.3, 0.4) is 0 Å². The number of nitrogens with zero attached hydrogens (tertiary/aromatic N) is 1. The van der Waals surface area contributed by atoms with Gasteiger partial charge in [0, 0.05) is 12.6 Å². The Hall–Kier alpha value is -1.20. The second-order valence-corrected chi connectivity index (χ2v) is 5.71. The smallest absolute Gasteiger partial charge is 0.169 e. The van der Waals surface area contributed by atoms with Gasteiger partial charge in [-0.1, -0.05) is 18.5 Å². The lowest BCUT2D eigenvalue weighted by molar-refractivity contribution is 0.206. The van der Waals surface area contributed by atoms with Crippen LogP contribution in [0.5, 0.6) is 0 Å². The van der Waals surface area contributed by atoms with E-state index in [1.165, 1.54) is 6.07 Å². The van der Waals surface area contributed by atoms with E-state index in [9.17, 15) is 4.39 Å². The Morgan fingerprint density at radius 1 is 1.42 bits per heavy atom. The molecule has 2 atom stereocenters. The Balaban J connectivity index is 2.22. The van der Waals surface area contributed by atoms with Crippen LogP contribution in [0.2, 0.25) is 5.02 Å². The number of hydrogen-bond donors (Lipinski definition) is 3. The van der Waals surface area contributed by atoms with Crippen molar-refractivity contribution in [2.75, 3.05) is 36.9 Å². The predicted octanol–water partition coefficient (Wildman–Crippen LogP) is 2.40. The fraction of sp³-hybridized carbons (Fsp3) is 0.538. The molecule has 0 aliphatic carbocycles. The zero-order chi connectivity index (χ0) is 14.2. The minimum Gasteiger partial charge on any atom is -0.397 e. The molecule has 1 aromatic rings. The Labute approximate surface area is 117 Å². The minimum absolute atomic E-state index is 0.0720. The fourth-order valence-corrected chi connectivity index (χ4v) is 2.72. The maximum absolute atomic E-state index is 14.1. The van der Waals surface area contributed by atoms with Gasteiger partial charge in [0.25, 0.3) is 0 Å². The maximum Gasteiger partial charge on any atom is 0.169 e. The van der Waals surface area contributed by atoms with Crippen LogP contribution in [0.15, 0.2) is 6.07 Å². The van der Waals surface area contributed by atoms with E-state index in [0.717, 1.165) is 19.5 Å². The van der Waals surface area contributed by atoms with Crippen molar-refractivity contribution in [2.24, 2.45) is 5.92 Å². The summed E-state index contributed by atoms with van der Waals surface area (Å²) < 4.78 is 14.1. The predicted molar refractivity (Wildman–Crippen MR) is 78.9 cm³/mol. The van der Waals surface area contributed by atoms with Gasteiger partial charge in [-0.25, -0.2) is 4.39 Å². The molecule has 1 heterocycles. The first-order chi connectivity index (χ1) is 8.90. The number of nitrogens with two attached hydrogens (primary N) is 2. The molecule has 0 amide bonds. The van der Waals surface area contributed by atoms with Crippen molar-refractivity contribution < 1.29 is 4.39 Å². The highest BCUT2D eigenvalue weighted by molar-refractivity contribution is 6.33. The normalized spacial score (nSPS) is 24.4. The quantitative estimate of drug-likeness (QED) is 0.730. The monoisotopic (exact) mass is 286 g/mol. The van der Waals surface area contributed by atoms with Gasteiger partial charge in [0.2, 0.25) is 0 Å². The Morgan fingerprint density at radius 3 is 2.74 bits per heavy atom. The van der Waals surface area contributed by atoms with Crippen molar-refractivity contribution in [3.05, 3.63) is 16.9 Å². The molecule has 2 unspecified atom stereocenters. The number of likely N-dealkylation sites (tertiary alicyclic amines) is 1. The van der Waals surface area contributed by atoms with Gasteiger partial charge >= 0.3 is 0 Å². The fourth-order valence-electron chi connectivity index (χ4n) is 2.57. The molecule has 1 aliphatic rings. The number of nitrogen functional groups attached to an aromatic ring is 2. The molecule has 4 nitrogen and oxygen atoms in total. The van der Waals surface area contributed by atoms with E-state index < -0.39 is 5.82 Å². The number of nitrogens with one attached hydrogen (secondary N) is 1. The lowest BCUT2D eigenvalue weighted by Gasteiger charge is -2.36. The van der Waals surface area contributed by atoms with E-state index in [1.54, 1.807) is 0 Å². The van der Waals surface area contributed by atoms with E-state index in [1.807, 2.05) is 0 Å². The topological polar surface area (TPSA) is 67.3 Å². The molecule has 106 valence electrons. The second kappa shape index (κ2) is 5.43. The highest BCUT2D eigenvalue weighted by atomic mass is 35.5. The van der Waals surface area contributed by atoms with Crippen molar-refractivity contribution >= 4 is 28.7 Å². The van der Waals surface area contributed by atoms with Crippen LogP contribution in [-0.2, 0) is 0 Å². The molecule has 2 rings (SSSR count). The molecule has 0 aromatic heterocycles. The van der Waals surface area contributed by atoms with Gasteiger partial charge in [-0.2, -0.15) is 0 Å². The van der Waals surface area contributed by atoms with Crippen molar-refractivity contribution in [2.45, 2.75) is 19.4 Å². The number of rotatable bonds is 2. The van der Waals surface area contributed by atoms with E-state index in [0.29, 0.717) is 11.6 Å². The number of benzene rings is 1. The number of halogens is 2. The third-order valence-corrected chi connectivity index (χ3v) is 4.09. The average Bonchev–Trinajstić information content (AvgIpc) is 2.34. The minimum atomic E-state index is -0.565. The standard InChI is InChI=1S/C13H20ClFN4/c1-7-6-19(2)4-3-10(7)18-13-9(17)5-8(16)11(14)12(13)15/h5,7,10,18H,3-4,6,16-17H2,1-2H3. The Morgan fingerprint density at radius 2 is 2.11 bits per heavy atom. The van der Waals surface area contributed by atoms with Crippen LogP contribution in [0.4, 0.5) is 21.5 Å². The molecule has 1 aromatic carbocycles. The molecule has 0 saturated carbocycles. The van der Waals surface area contributed by atoms with E-state index in [4.69, 9.17) is 23.1 Å². The summed E-state index contributed by atoms with van der Waals surface area (Å²) in [7, 11) is 2.09. The third-order valence-electron chi connectivity index (χ3n) is 3.70. The maximum atomic E-state index is 14.1. The lowest BCUT2D eigenvalue weighted by Crippen LogP contribution is -2.43. The first-order valence-electron chi connectivity index (χ1n) is 6.38. The number of hydrogen-bond acceptors (Lipinski definition) is 4. The summed E-state index contributed by atoms with van der Waals surface area (Å²) in [4.78, 5) is 2.26. The van der Waals surface area contributed by atoms with Gasteiger partial charge in [-0.3, -0.25) is 0 Å². The van der Waals surface area contributed by atoms with Gasteiger partial charge in [0.15, 0.2) is 5.82 Å². The molecular formula is C13H20ClFN4. The largest absolute Gasteiger partial charge is 0.397 e. The highest BCUT2D eigenvalue weighted by Crippen LogP contribution is 2.35. The van der Waals surface area contributed by atoms with Crippen LogP contribution in [0, 0.1) is 11.7 Å². The Bertz CT molecular complexity index is 480. The molecule has 0 spiro atoms. The van der Waals surface area contributed by atoms with Gasteiger partial charge in [-0.15, -0.1) is 0 Å². The van der Waals surface area contributed by atoms with Crippen LogP contribution in [0.1, 0.15) is 13.3 Å². The van der Waals surface area contributed by atoms with Gasteiger partial charge in [0.1, 0.15) is 5.02 Å². The summed E-state index contributed by atoms with van der Waals surface area (Å²) >= 11 is 5.83. The number of piperidine rings is 1. The molecule has 5 N–H and O–H groups in total. The second-order valence-electron chi connectivity index (χ2n) is 5.34. The Kier molecular flexibility index (Phi) is 4.06. The van der Waals surface area contributed by atoms with Crippen LogP contribution in [0.25, 0.3) is 0 Å². The van der Waals surface area contributed by atoms with Gasteiger partial charge < -0.3 is 21.7 Å². The summed E-state index contributed by atoms with van der Waals surface area (Å²) in [5.74, 6) is -0.154. The molecule has 0 bridgehead atoms. The van der Waals surface area contributed by atoms with E-state index >= 15 is 0 Å². The molecular weight excluding hydrogens is 267 g/mol. The first-order valence-corrected chi connectivity index (χ1v) is 6.76. The summed E-state index contributed by atoms with van der Waals surface area (Å²) in [6, 6.07) is 1.68. The molecule has 19 heavy (non-hydrogen) atoms. The molecule has 1 fully saturated rings. The van der Waals surface area contributed by atoms with Crippen molar-refractivity contribution in [3.63, 3.8) is 0 Å². The molecule has 1 saturated heterocycles. The van der Waals surface area contributed by atoms with E-state index in [2.05, 4.69) is 24.2 Å².